The number of nitrogens with zero attached hydrogens (tertiary/aromatic N) is 1. The molecule has 0 bridgehead atoms. The molecule has 2 rings (SSSR count). The van der Waals surface area contributed by atoms with E-state index in [9.17, 15) is 10.1 Å². The van der Waals surface area contributed by atoms with Crippen LogP contribution in [0.5, 0.6) is 11.5 Å². The quantitative estimate of drug-likeness (QED) is 0.636. The number of halogens is 4. The average Bonchev–Trinajstić information content (AvgIpc) is 2.62. The highest BCUT2D eigenvalue weighted by molar-refractivity contribution is 6.42. The smallest absolute Gasteiger partial charge is 0.259 e. The number of ether oxygens (including phenoxy) is 2. The molecule has 1 atom stereocenters. The molecule has 1 N–H and O–H groups in total. The molecule has 142 valence electrons. The Balaban J connectivity index is 1.92. The molecule has 0 fully saturated rings. The highest BCUT2D eigenvalue weighted by Crippen LogP contribution is 2.28. The van der Waals surface area contributed by atoms with Gasteiger partial charge in [0, 0.05) is 11.1 Å². The van der Waals surface area contributed by atoms with Crippen LogP contribution in [0.15, 0.2) is 36.4 Å². The van der Waals surface area contributed by atoms with Crippen molar-refractivity contribution in [2.45, 2.75) is 12.5 Å². The average molecular weight is 448 g/mol. The summed E-state index contributed by atoms with van der Waals surface area (Å²) in [5.41, 5.74) is -1.29. The Morgan fingerprint density at radius 1 is 1.07 bits per heavy atom. The summed E-state index contributed by atoms with van der Waals surface area (Å²) in [7, 11) is 0. The molecule has 0 aliphatic rings. The highest BCUT2D eigenvalue weighted by atomic mass is 35.5. The third kappa shape index (κ3) is 6.37. The lowest BCUT2D eigenvalue weighted by Crippen LogP contribution is -2.50. The molecular formula is C18H14Cl4N2O3. The minimum Gasteiger partial charge on any atom is -0.488 e. The first-order valence-electron chi connectivity index (χ1n) is 7.60. The molecule has 2 aromatic carbocycles. The largest absolute Gasteiger partial charge is 0.488 e. The zero-order valence-electron chi connectivity index (χ0n) is 14.1. The van der Waals surface area contributed by atoms with Crippen molar-refractivity contribution in [3.63, 3.8) is 0 Å². The molecule has 0 spiro atoms. The number of nitriles is 1. The summed E-state index contributed by atoms with van der Waals surface area (Å²) < 4.78 is 10.9. The zero-order valence-corrected chi connectivity index (χ0v) is 17.1. The predicted molar refractivity (Wildman–Crippen MR) is 106 cm³/mol. The number of carbonyl (C=O) groups is 1. The summed E-state index contributed by atoms with van der Waals surface area (Å²) in [6.07, 6.45) is 0. The fourth-order valence-corrected chi connectivity index (χ4v) is 2.72. The van der Waals surface area contributed by atoms with Crippen molar-refractivity contribution in [1.82, 2.24) is 5.32 Å². The van der Waals surface area contributed by atoms with Gasteiger partial charge in [0.15, 0.2) is 12.1 Å². The van der Waals surface area contributed by atoms with Crippen molar-refractivity contribution in [3.8, 4) is 17.6 Å². The molecule has 0 aliphatic heterocycles. The van der Waals surface area contributed by atoms with Gasteiger partial charge in [0.05, 0.1) is 21.1 Å². The van der Waals surface area contributed by atoms with Gasteiger partial charge in [-0.25, -0.2) is 0 Å². The van der Waals surface area contributed by atoms with Gasteiger partial charge in [0.1, 0.15) is 18.1 Å². The van der Waals surface area contributed by atoms with E-state index in [-0.39, 0.29) is 13.2 Å². The number of hydrogen-bond acceptors (Lipinski definition) is 4. The Kier molecular flexibility index (Phi) is 7.46. The maximum absolute atomic E-state index is 12.1. The molecule has 0 radical (unpaired) electrons. The van der Waals surface area contributed by atoms with Gasteiger partial charge in [-0.15, -0.1) is 0 Å². The lowest BCUT2D eigenvalue weighted by Gasteiger charge is -2.23. The van der Waals surface area contributed by atoms with Crippen LogP contribution in [0.4, 0.5) is 0 Å². The second kappa shape index (κ2) is 9.38. The second-order valence-corrected chi connectivity index (χ2v) is 7.38. The van der Waals surface area contributed by atoms with Crippen LogP contribution in [-0.2, 0) is 4.79 Å². The Bertz CT molecular complexity index is 885. The van der Waals surface area contributed by atoms with E-state index in [0.717, 1.165) is 0 Å². The molecule has 0 saturated carbocycles. The van der Waals surface area contributed by atoms with Crippen molar-refractivity contribution >= 4 is 52.3 Å². The first kappa shape index (κ1) is 21.5. The molecule has 0 aromatic heterocycles. The van der Waals surface area contributed by atoms with Crippen molar-refractivity contribution < 1.29 is 14.3 Å². The van der Waals surface area contributed by atoms with Crippen LogP contribution in [0.1, 0.15) is 6.92 Å². The highest BCUT2D eigenvalue weighted by Gasteiger charge is 2.28. The van der Waals surface area contributed by atoms with E-state index in [2.05, 4.69) is 5.32 Å². The monoisotopic (exact) mass is 446 g/mol. The van der Waals surface area contributed by atoms with Crippen LogP contribution in [0.2, 0.25) is 20.1 Å². The molecule has 1 amide bonds. The van der Waals surface area contributed by atoms with Gasteiger partial charge in [0.25, 0.3) is 5.91 Å². The summed E-state index contributed by atoms with van der Waals surface area (Å²) in [5, 5.41) is 13.4. The number of rotatable bonds is 7. The van der Waals surface area contributed by atoms with Crippen LogP contribution in [-0.4, -0.2) is 24.7 Å². The van der Waals surface area contributed by atoms with E-state index >= 15 is 0 Å². The fourth-order valence-electron chi connectivity index (χ4n) is 1.97. The normalized spacial score (nSPS) is 12.6. The predicted octanol–water partition coefficient (Wildman–Crippen LogP) is 5.16. The van der Waals surface area contributed by atoms with Gasteiger partial charge in [-0.3, -0.25) is 4.79 Å². The maximum Gasteiger partial charge on any atom is 0.259 e. The lowest BCUT2D eigenvalue weighted by atomic mass is 10.1. The lowest BCUT2D eigenvalue weighted by molar-refractivity contribution is -0.124. The van der Waals surface area contributed by atoms with E-state index in [0.29, 0.717) is 31.6 Å². The third-order valence-corrected chi connectivity index (χ3v) is 4.60. The Hall–Kier alpha value is -1.84. The van der Waals surface area contributed by atoms with E-state index in [1.54, 1.807) is 24.3 Å². The number of nitrogens with one attached hydrogen (secondary N) is 1. The molecule has 2 aromatic rings. The Morgan fingerprint density at radius 2 is 1.81 bits per heavy atom. The van der Waals surface area contributed by atoms with Gasteiger partial charge in [-0.2, -0.15) is 5.26 Å². The molecule has 27 heavy (non-hydrogen) atoms. The van der Waals surface area contributed by atoms with Gasteiger partial charge in [0.2, 0.25) is 0 Å². The molecule has 0 saturated heterocycles. The number of benzene rings is 2. The number of carbonyl (C=O) groups excluding carboxylic acids is 1. The third-order valence-electron chi connectivity index (χ3n) is 3.33. The van der Waals surface area contributed by atoms with Crippen LogP contribution < -0.4 is 14.8 Å². The minimum atomic E-state index is -1.29. The SMILES string of the molecule is CC(C#N)(COc1ccc(Cl)cc1Cl)NC(=O)COc1ccc(Cl)c(Cl)c1. The zero-order chi connectivity index (χ0) is 20.0. The van der Waals surface area contributed by atoms with Gasteiger partial charge < -0.3 is 14.8 Å². The molecule has 5 nitrogen and oxygen atoms in total. The first-order valence-corrected chi connectivity index (χ1v) is 9.11. The fraction of sp³-hybridized carbons (Fsp3) is 0.222. The maximum atomic E-state index is 12.1. The Morgan fingerprint density at radius 3 is 2.44 bits per heavy atom. The van der Waals surface area contributed by atoms with Crippen LogP contribution in [0.25, 0.3) is 0 Å². The van der Waals surface area contributed by atoms with Crippen molar-refractivity contribution in [3.05, 3.63) is 56.5 Å². The number of amides is 1. The van der Waals surface area contributed by atoms with Crippen molar-refractivity contribution in [2.24, 2.45) is 0 Å². The van der Waals surface area contributed by atoms with Crippen LogP contribution in [0.3, 0.4) is 0 Å². The number of hydrogen-bond donors (Lipinski definition) is 1. The van der Waals surface area contributed by atoms with Gasteiger partial charge in [-0.05, 0) is 37.3 Å². The van der Waals surface area contributed by atoms with E-state index in [4.69, 9.17) is 55.9 Å². The van der Waals surface area contributed by atoms with Crippen molar-refractivity contribution in [2.75, 3.05) is 13.2 Å². The summed E-state index contributed by atoms with van der Waals surface area (Å²) in [6.45, 7) is 1.09. The standard InChI is InChI=1S/C18H14Cl4N2O3/c1-18(9-23,10-27-16-5-2-11(19)6-15(16)22)24-17(25)8-26-12-3-4-13(20)14(21)7-12/h2-7H,8,10H2,1H3,(H,24,25). The van der Waals surface area contributed by atoms with Crippen LogP contribution >= 0.6 is 46.4 Å². The second-order valence-electron chi connectivity index (χ2n) is 5.72. The first-order chi connectivity index (χ1) is 12.7. The summed E-state index contributed by atoms with van der Waals surface area (Å²) in [4.78, 5) is 12.1. The summed E-state index contributed by atoms with van der Waals surface area (Å²) >= 11 is 23.6. The topological polar surface area (TPSA) is 71.3 Å². The summed E-state index contributed by atoms with van der Waals surface area (Å²) in [6, 6.07) is 11.3. The molecule has 1 unspecified atom stereocenters. The molecular weight excluding hydrogens is 434 g/mol. The molecule has 0 aliphatic carbocycles. The minimum absolute atomic E-state index is 0.122. The van der Waals surface area contributed by atoms with Crippen LogP contribution in [0, 0.1) is 11.3 Å². The van der Waals surface area contributed by atoms with Gasteiger partial charge in [-0.1, -0.05) is 46.4 Å². The Labute approximate surface area is 176 Å². The van der Waals surface area contributed by atoms with E-state index in [1.165, 1.54) is 19.1 Å². The summed E-state index contributed by atoms with van der Waals surface area (Å²) in [5.74, 6) is 0.224. The van der Waals surface area contributed by atoms with Crippen molar-refractivity contribution in [1.29, 1.82) is 5.26 Å². The van der Waals surface area contributed by atoms with Gasteiger partial charge >= 0.3 is 0 Å². The molecule has 9 heteroatoms. The van der Waals surface area contributed by atoms with E-state index in [1.807, 2.05) is 6.07 Å². The van der Waals surface area contributed by atoms with E-state index < -0.39 is 11.4 Å². The molecule has 0 heterocycles.